The molecule has 0 bridgehead atoms. The maximum Gasteiger partial charge on any atom is 0.222 e. The largest absolute Gasteiger partial charge is 0.437 e. The van der Waals surface area contributed by atoms with Gasteiger partial charge in [0.25, 0.3) is 0 Å². The second-order valence-corrected chi connectivity index (χ2v) is 4.97. The van der Waals surface area contributed by atoms with Crippen molar-refractivity contribution in [2.24, 2.45) is 0 Å². The number of benzene rings is 1. The average molecular weight is 316 g/mol. The predicted octanol–water partition coefficient (Wildman–Crippen LogP) is 4.60. The van der Waals surface area contributed by atoms with Crippen LogP contribution in [0.4, 0.5) is 0 Å². The molecule has 0 saturated carbocycles. The third kappa shape index (κ3) is 2.75. The van der Waals surface area contributed by atoms with Crippen molar-refractivity contribution in [3.8, 4) is 17.7 Å². The molecule has 0 aliphatic carbocycles. The highest BCUT2D eigenvalue weighted by Gasteiger charge is 2.09. The second-order valence-electron chi connectivity index (χ2n) is 4.18. The van der Waals surface area contributed by atoms with E-state index in [2.05, 4.69) is 9.97 Å². The SMILES string of the molecule is N#Cc1cc(Cl)nc(Oc2ccc(Cl)c3cccnc23)c1. The van der Waals surface area contributed by atoms with Gasteiger partial charge in [-0.25, -0.2) is 4.98 Å². The van der Waals surface area contributed by atoms with Gasteiger partial charge in [0.1, 0.15) is 10.7 Å². The molecule has 21 heavy (non-hydrogen) atoms. The molecule has 0 saturated heterocycles. The van der Waals surface area contributed by atoms with E-state index in [0.717, 1.165) is 5.39 Å². The minimum atomic E-state index is 0.190. The van der Waals surface area contributed by atoms with Crippen molar-refractivity contribution in [2.75, 3.05) is 0 Å². The van der Waals surface area contributed by atoms with Crippen LogP contribution >= 0.6 is 23.2 Å². The highest BCUT2D eigenvalue weighted by atomic mass is 35.5. The molecule has 4 nitrogen and oxygen atoms in total. The molecule has 0 N–H and O–H groups in total. The van der Waals surface area contributed by atoms with Gasteiger partial charge in [-0.2, -0.15) is 5.26 Å². The zero-order chi connectivity index (χ0) is 14.8. The van der Waals surface area contributed by atoms with Crippen LogP contribution in [0.15, 0.2) is 42.6 Å². The van der Waals surface area contributed by atoms with Crippen molar-refractivity contribution in [1.82, 2.24) is 9.97 Å². The number of rotatable bonds is 2. The minimum absolute atomic E-state index is 0.190. The maximum absolute atomic E-state index is 8.94. The molecule has 0 aliphatic heterocycles. The third-order valence-corrected chi connectivity index (χ3v) is 3.32. The standard InChI is InChI=1S/C15H7Cl2N3O/c16-11-3-4-12(15-10(11)2-1-5-19-15)21-14-7-9(8-18)6-13(17)20-14/h1-7H. The van der Waals surface area contributed by atoms with E-state index in [0.29, 0.717) is 21.9 Å². The van der Waals surface area contributed by atoms with Gasteiger partial charge in [-0.15, -0.1) is 0 Å². The first-order chi connectivity index (χ1) is 10.2. The molecule has 3 aromatic rings. The predicted molar refractivity (Wildman–Crippen MR) is 80.8 cm³/mol. The topological polar surface area (TPSA) is 58.8 Å². The summed E-state index contributed by atoms with van der Waals surface area (Å²) < 4.78 is 5.70. The molecule has 1 aromatic carbocycles. The first-order valence-corrected chi connectivity index (χ1v) is 6.72. The number of nitrogens with zero attached hydrogens (tertiary/aromatic N) is 3. The molecule has 0 fully saturated rings. The smallest absolute Gasteiger partial charge is 0.222 e. The first kappa shape index (κ1) is 13.6. The number of ether oxygens (including phenoxy) is 1. The van der Waals surface area contributed by atoms with E-state index in [1.165, 1.54) is 12.1 Å². The van der Waals surface area contributed by atoms with Crippen LogP contribution in [0.1, 0.15) is 5.56 Å². The summed E-state index contributed by atoms with van der Waals surface area (Å²) >= 11 is 12.0. The summed E-state index contributed by atoms with van der Waals surface area (Å²) in [7, 11) is 0. The number of aromatic nitrogens is 2. The summed E-state index contributed by atoms with van der Waals surface area (Å²) in [5, 5.41) is 10.5. The molecule has 0 aliphatic rings. The van der Waals surface area contributed by atoms with Crippen molar-refractivity contribution >= 4 is 34.1 Å². The summed E-state index contributed by atoms with van der Waals surface area (Å²) in [6.07, 6.45) is 1.65. The van der Waals surface area contributed by atoms with Gasteiger partial charge < -0.3 is 4.74 Å². The quantitative estimate of drug-likeness (QED) is 0.648. The van der Waals surface area contributed by atoms with Gasteiger partial charge in [0.15, 0.2) is 5.75 Å². The fourth-order valence-corrected chi connectivity index (χ4v) is 2.31. The zero-order valence-electron chi connectivity index (χ0n) is 10.5. The second kappa shape index (κ2) is 5.57. The Labute approximate surface area is 130 Å². The van der Waals surface area contributed by atoms with Crippen LogP contribution in [0.25, 0.3) is 10.9 Å². The van der Waals surface area contributed by atoms with Crippen molar-refractivity contribution in [2.45, 2.75) is 0 Å². The Hall–Kier alpha value is -2.35. The van der Waals surface area contributed by atoms with E-state index >= 15 is 0 Å². The highest BCUT2D eigenvalue weighted by molar-refractivity contribution is 6.35. The minimum Gasteiger partial charge on any atom is -0.437 e. The maximum atomic E-state index is 8.94. The molecule has 2 aromatic heterocycles. The molecular formula is C15H7Cl2N3O. The van der Waals surface area contributed by atoms with E-state index < -0.39 is 0 Å². The Morgan fingerprint density at radius 2 is 2.00 bits per heavy atom. The van der Waals surface area contributed by atoms with Crippen LogP contribution in [0.2, 0.25) is 10.2 Å². The molecule has 0 unspecified atom stereocenters. The molecule has 0 atom stereocenters. The summed E-state index contributed by atoms with van der Waals surface area (Å²) in [6, 6.07) is 12.0. The Morgan fingerprint density at radius 3 is 2.81 bits per heavy atom. The average Bonchev–Trinajstić information content (AvgIpc) is 2.50. The summed E-state index contributed by atoms with van der Waals surface area (Å²) in [6.45, 7) is 0. The summed E-state index contributed by atoms with van der Waals surface area (Å²) in [4.78, 5) is 8.31. The van der Waals surface area contributed by atoms with E-state index in [1.54, 1.807) is 24.4 Å². The number of nitriles is 1. The summed E-state index contributed by atoms with van der Waals surface area (Å²) in [5.74, 6) is 0.724. The molecule has 0 amide bonds. The molecular weight excluding hydrogens is 309 g/mol. The van der Waals surface area contributed by atoms with Crippen LogP contribution in [-0.2, 0) is 0 Å². The lowest BCUT2D eigenvalue weighted by Crippen LogP contribution is -1.92. The van der Waals surface area contributed by atoms with Gasteiger partial charge in [-0.3, -0.25) is 4.98 Å². The zero-order valence-corrected chi connectivity index (χ0v) is 12.1. The van der Waals surface area contributed by atoms with Crippen molar-refractivity contribution in [1.29, 1.82) is 5.26 Å². The lowest BCUT2D eigenvalue weighted by atomic mass is 10.2. The van der Waals surface area contributed by atoms with Crippen LogP contribution in [0, 0.1) is 11.3 Å². The highest BCUT2D eigenvalue weighted by Crippen LogP contribution is 2.32. The van der Waals surface area contributed by atoms with Gasteiger partial charge in [0, 0.05) is 17.6 Å². The monoisotopic (exact) mass is 315 g/mol. The van der Waals surface area contributed by atoms with E-state index in [-0.39, 0.29) is 11.0 Å². The van der Waals surface area contributed by atoms with E-state index in [1.807, 2.05) is 12.1 Å². The van der Waals surface area contributed by atoms with Crippen LogP contribution in [-0.4, -0.2) is 9.97 Å². The first-order valence-electron chi connectivity index (χ1n) is 5.96. The van der Waals surface area contributed by atoms with Crippen LogP contribution in [0.3, 0.4) is 0 Å². The van der Waals surface area contributed by atoms with Crippen molar-refractivity contribution in [3.63, 3.8) is 0 Å². The number of fused-ring (bicyclic) bond motifs is 1. The van der Waals surface area contributed by atoms with Gasteiger partial charge in [0.05, 0.1) is 16.7 Å². The number of pyridine rings is 2. The Kier molecular flexibility index (Phi) is 3.61. The van der Waals surface area contributed by atoms with E-state index in [9.17, 15) is 0 Å². The van der Waals surface area contributed by atoms with E-state index in [4.69, 9.17) is 33.2 Å². The van der Waals surface area contributed by atoms with Gasteiger partial charge in [-0.05, 0) is 30.3 Å². The van der Waals surface area contributed by atoms with Gasteiger partial charge in [0.2, 0.25) is 5.88 Å². The Morgan fingerprint density at radius 1 is 1.14 bits per heavy atom. The molecule has 0 radical (unpaired) electrons. The molecule has 0 spiro atoms. The third-order valence-electron chi connectivity index (χ3n) is 2.79. The molecule has 2 heterocycles. The normalized spacial score (nSPS) is 10.3. The van der Waals surface area contributed by atoms with Gasteiger partial charge >= 0.3 is 0 Å². The number of hydrogen-bond donors (Lipinski definition) is 0. The van der Waals surface area contributed by atoms with Crippen LogP contribution in [0.5, 0.6) is 11.6 Å². The Balaban J connectivity index is 2.09. The molecule has 3 rings (SSSR count). The molecule has 6 heteroatoms. The van der Waals surface area contributed by atoms with Gasteiger partial charge in [-0.1, -0.05) is 23.2 Å². The number of halogens is 2. The number of hydrogen-bond acceptors (Lipinski definition) is 4. The lowest BCUT2D eigenvalue weighted by Gasteiger charge is -2.08. The fourth-order valence-electron chi connectivity index (χ4n) is 1.90. The lowest BCUT2D eigenvalue weighted by molar-refractivity contribution is 0.467. The van der Waals surface area contributed by atoms with Crippen LogP contribution < -0.4 is 4.74 Å². The Bertz CT molecular complexity index is 874. The fraction of sp³-hybridized carbons (Fsp3) is 0. The van der Waals surface area contributed by atoms with Crippen molar-refractivity contribution < 1.29 is 4.74 Å². The molecule has 102 valence electrons. The van der Waals surface area contributed by atoms with Crippen molar-refractivity contribution in [3.05, 3.63) is 58.3 Å². The summed E-state index contributed by atoms with van der Waals surface area (Å²) in [5.41, 5.74) is 0.988.